The van der Waals surface area contributed by atoms with Crippen LogP contribution in [0.5, 0.6) is 0 Å². The number of nitrogens with one attached hydrogen (secondary N) is 3. The number of rotatable bonds is 6. The summed E-state index contributed by atoms with van der Waals surface area (Å²) in [5, 5.41) is 21.5. The maximum Gasteiger partial charge on any atom is 0.274 e. The number of methoxy groups -OCH3 is 1. The number of aromatic nitrogens is 4. The van der Waals surface area contributed by atoms with E-state index in [1.165, 1.54) is 12.6 Å². The Morgan fingerprint density at radius 1 is 1.19 bits per heavy atom. The van der Waals surface area contributed by atoms with Crippen molar-refractivity contribution in [1.29, 1.82) is 0 Å². The van der Waals surface area contributed by atoms with Gasteiger partial charge in [-0.1, -0.05) is 0 Å². The standard InChI is InChI=1S/C21H27N7O3.C4H8O/c1-22-18-11-17(26-19-15(20(29)23-2)12-24-28(18)19)25-16-8-5-9-27(21(16)30)13-6-4-7-14(10-13)31-3;5-4-2-1-3-4/h5,8-9,11-14,22H,4,6-7,10H2,1-3H3,(H,23,29)(H,25,26);4-5H,1-3H2. The number of nitrogens with zero attached hydrogens (tertiary/aromatic N) is 4. The fraction of sp³-hybridized carbons (Fsp3) is 0.520. The minimum Gasteiger partial charge on any atom is -0.393 e. The van der Waals surface area contributed by atoms with Crippen LogP contribution in [0.15, 0.2) is 35.4 Å². The van der Waals surface area contributed by atoms with E-state index in [9.17, 15) is 9.59 Å². The Morgan fingerprint density at radius 3 is 2.58 bits per heavy atom. The van der Waals surface area contributed by atoms with Crippen molar-refractivity contribution in [2.24, 2.45) is 0 Å². The second kappa shape index (κ2) is 11.5. The number of carbonyl (C=O) groups excluding carboxylic acids is 1. The molecule has 2 fully saturated rings. The maximum atomic E-state index is 13.2. The average molecular weight is 498 g/mol. The molecule has 0 saturated heterocycles. The molecule has 0 radical (unpaired) electrons. The van der Waals surface area contributed by atoms with Gasteiger partial charge in [0.1, 0.15) is 22.9 Å². The van der Waals surface area contributed by atoms with Crippen LogP contribution in [-0.4, -0.2) is 63.6 Å². The summed E-state index contributed by atoms with van der Waals surface area (Å²) in [6.45, 7) is 0. The molecule has 36 heavy (non-hydrogen) atoms. The smallest absolute Gasteiger partial charge is 0.274 e. The molecule has 3 aromatic heterocycles. The highest BCUT2D eigenvalue weighted by Crippen LogP contribution is 2.29. The van der Waals surface area contributed by atoms with E-state index in [2.05, 4.69) is 26.0 Å². The van der Waals surface area contributed by atoms with E-state index in [0.717, 1.165) is 38.5 Å². The van der Waals surface area contributed by atoms with E-state index in [0.29, 0.717) is 28.5 Å². The molecule has 3 aromatic rings. The SMILES string of the molecule is CNC(=O)c1cnn2c(NC)cc(Nc3cccn(C4CCCC(OC)C4)c3=O)nc12.OC1CCC1. The normalized spacial score (nSPS) is 19.7. The maximum absolute atomic E-state index is 13.2. The van der Waals surface area contributed by atoms with Gasteiger partial charge in [-0.3, -0.25) is 9.59 Å². The molecule has 0 spiro atoms. The zero-order valence-electron chi connectivity index (χ0n) is 21.0. The molecule has 2 unspecified atom stereocenters. The van der Waals surface area contributed by atoms with Crippen LogP contribution in [0.4, 0.5) is 17.3 Å². The molecule has 1 amide bonds. The number of fused-ring (bicyclic) bond motifs is 1. The molecule has 4 N–H and O–H groups in total. The highest BCUT2D eigenvalue weighted by molar-refractivity contribution is 5.99. The molecule has 0 bridgehead atoms. The summed E-state index contributed by atoms with van der Waals surface area (Å²) in [6.07, 6.45) is 10.7. The predicted molar refractivity (Wildman–Crippen MR) is 138 cm³/mol. The van der Waals surface area contributed by atoms with Crippen LogP contribution in [0.1, 0.15) is 61.3 Å². The molecule has 0 aromatic carbocycles. The molecule has 3 heterocycles. The van der Waals surface area contributed by atoms with Crippen molar-refractivity contribution in [2.75, 3.05) is 31.8 Å². The van der Waals surface area contributed by atoms with Gasteiger partial charge in [0.05, 0.1) is 18.4 Å². The van der Waals surface area contributed by atoms with Gasteiger partial charge in [-0.25, -0.2) is 4.98 Å². The quantitative estimate of drug-likeness (QED) is 0.408. The molecule has 0 aliphatic heterocycles. The predicted octanol–water partition coefficient (Wildman–Crippen LogP) is 2.70. The summed E-state index contributed by atoms with van der Waals surface area (Å²) in [6, 6.07) is 5.43. The van der Waals surface area contributed by atoms with E-state index in [4.69, 9.17) is 9.84 Å². The van der Waals surface area contributed by atoms with Crippen molar-refractivity contribution in [1.82, 2.24) is 24.5 Å². The summed E-state index contributed by atoms with van der Waals surface area (Å²) in [5.41, 5.74) is 1.04. The van der Waals surface area contributed by atoms with Crippen LogP contribution < -0.4 is 21.5 Å². The third kappa shape index (κ3) is 5.52. The number of pyridine rings is 1. The van der Waals surface area contributed by atoms with Crippen molar-refractivity contribution < 1.29 is 14.6 Å². The van der Waals surface area contributed by atoms with Crippen molar-refractivity contribution >= 4 is 28.9 Å². The summed E-state index contributed by atoms with van der Waals surface area (Å²) in [4.78, 5) is 29.9. The first-order valence-electron chi connectivity index (χ1n) is 12.4. The average Bonchev–Trinajstić information content (AvgIpc) is 3.32. The van der Waals surface area contributed by atoms with Crippen molar-refractivity contribution in [3.8, 4) is 0 Å². The number of aliphatic hydroxyl groups excluding tert-OH is 1. The number of carbonyl (C=O) groups is 1. The number of amides is 1. The summed E-state index contributed by atoms with van der Waals surface area (Å²) in [5.74, 6) is 0.790. The molecule has 5 rings (SSSR count). The van der Waals surface area contributed by atoms with Gasteiger partial charge >= 0.3 is 0 Å². The topological polar surface area (TPSA) is 135 Å². The molecule has 194 valence electrons. The van der Waals surface area contributed by atoms with Gasteiger partial charge in [0, 0.05) is 39.5 Å². The first-order valence-corrected chi connectivity index (χ1v) is 12.4. The Morgan fingerprint density at radius 2 is 1.94 bits per heavy atom. The second-order valence-electron chi connectivity index (χ2n) is 9.17. The largest absolute Gasteiger partial charge is 0.393 e. The van der Waals surface area contributed by atoms with Crippen LogP contribution in [0, 0.1) is 0 Å². The Kier molecular flexibility index (Phi) is 8.21. The lowest BCUT2D eigenvalue weighted by molar-refractivity contribution is 0.0525. The van der Waals surface area contributed by atoms with Gasteiger partial charge in [-0.15, -0.1) is 0 Å². The molecular weight excluding hydrogens is 462 g/mol. The number of hydrogen-bond acceptors (Lipinski definition) is 8. The zero-order chi connectivity index (χ0) is 25.7. The monoisotopic (exact) mass is 497 g/mol. The van der Waals surface area contributed by atoms with Crippen molar-refractivity contribution in [3.63, 3.8) is 0 Å². The fourth-order valence-electron chi connectivity index (χ4n) is 4.50. The summed E-state index contributed by atoms with van der Waals surface area (Å²) in [7, 11) is 5.03. The van der Waals surface area contributed by atoms with E-state index < -0.39 is 0 Å². The van der Waals surface area contributed by atoms with Crippen LogP contribution in [-0.2, 0) is 4.74 Å². The minimum atomic E-state index is -0.284. The number of ether oxygens (including phenoxy) is 1. The van der Waals surface area contributed by atoms with E-state index in [1.54, 1.807) is 42.4 Å². The summed E-state index contributed by atoms with van der Waals surface area (Å²) < 4.78 is 8.84. The molecule has 11 nitrogen and oxygen atoms in total. The van der Waals surface area contributed by atoms with Crippen LogP contribution in [0.25, 0.3) is 5.65 Å². The zero-order valence-corrected chi connectivity index (χ0v) is 21.0. The highest BCUT2D eigenvalue weighted by atomic mass is 16.5. The second-order valence-corrected chi connectivity index (χ2v) is 9.17. The third-order valence-corrected chi connectivity index (χ3v) is 6.84. The number of aliphatic hydroxyl groups is 1. The van der Waals surface area contributed by atoms with Gasteiger partial charge in [0.2, 0.25) is 0 Å². The molecular formula is C25H35N7O4. The lowest BCUT2D eigenvalue weighted by atomic mass is 9.92. The van der Waals surface area contributed by atoms with Crippen molar-refractivity contribution in [3.05, 3.63) is 46.5 Å². The Hall–Kier alpha value is -3.44. The Balaban J connectivity index is 0.000000543. The molecule has 11 heteroatoms. The lowest BCUT2D eigenvalue weighted by Gasteiger charge is -2.29. The number of anilines is 3. The molecule has 2 atom stereocenters. The van der Waals surface area contributed by atoms with E-state index in [-0.39, 0.29) is 29.7 Å². The first kappa shape index (κ1) is 25.6. The van der Waals surface area contributed by atoms with Crippen LogP contribution in [0.2, 0.25) is 0 Å². The Labute approximate surface area is 209 Å². The Bertz CT molecular complexity index is 1250. The van der Waals surface area contributed by atoms with Gasteiger partial charge in [-0.2, -0.15) is 9.61 Å². The molecule has 2 saturated carbocycles. The van der Waals surface area contributed by atoms with Gasteiger partial charge in [0.25, 0.3) is 11.5 Å². The van der Waals surface area contributed by atoms with E-state index >= 15 is 0 Å². The van der Waals surface area contributed by atoms with Gasteiger partial charge < -0.3 is 30.4 Å². The number of hydrogen-bond donors (Lipinski definition) is 4. The lowest BCUT2D eigenvalue weighted by Crippen LogP contribution is -2.31. The van der Waals surface area contributed by atoms with Crippen LogP contribution >= 0.6 is 0 Å². The van der Waals surface area contributed by atoms with Crippen molar-refractivity contribution in [2.45, 2.75) is 63.2 Å². The molecule has 2 aliphatic carbocycles. The minimum absolute atomic E-state index is 0.0648. The summed E-state index contributed by atoms with van der Waals surface area (Å²) >= 11 is 0. The first-order chi connectivity index (χ1) is 17.4. The fourth-order valence-corrected chi connectivity index (χ4v) is 4.50. The third-order valence-electron chi connectivity index (χ3n) is 6.84. The van der Waals surface area contributed by atoms with Gasteiger partial charge in [0.15, 0.2) is 5.65 Å². The molecule has 2 aliphatic rings. The van der Waals surface area contributed by atoms with Gasteiger partial charge in [-0.05, 0) is 57.1 Å². The van der Waals surface area contributed by atoms with E-state index in [1.807, 2.05) is 12.3 Å². The highest BCUT2D eigenvalue weighted by Gasteiger charge is 2.24. The van der Waals surface area contributed by atoms with Crippen LogP contribution in [0.3, 0.4) is 0 Å².